The third-order valence-corrected chi connectivity index (χ3v) is 4.34. The molecule has 2 heterocycles. The first kappa shape index (κ1) is 20.1. The van der Waals surface area contributed by atoms with Crippen molar-refractivity contribution in [3.63, 3.8) is 0 Å². The zero-order valence-electron chi connectivity index (χ0n) is 15.9. The number of alkyl halides is 3. The number of nitrogens with one attached hydrogen (secondary N) is 2. The number of nitrogens with zero attached hydrogens (tertiary/aromatic N) is 2. The Morgan fingerprint density at radius 2 is 1.77 bits per heavy atom. The van der Waals surface area contributed by atoms with Crippen molar-refractivity contribution >= 4 is 23.1 Å². The van der Waals surface area contributed by atoms with E-state index in [2.05, 4.69) is 20.6 Å². The smallest absolute Gasteiger partial charge is 0.416 e. The average Bonchev–Trinajstić information content (AvgIpc) is 3.29. The van der Waals surface area contributed by atoms with Gasteiger partial charge in [0, 0.05) is 23.1 Å². The number of oxazole rings is 1. The van der Waals surface area contributed by atoms with Gasteiger partial charge in [-0.05, 0) is 42.5 Å². The molecule has 0 unspecified atom stereocenters. The first-order valence-corrected chi connectivity index (χ1v) is 9.10. The highest BCUT2D eigenvalue weighted by Gasteiger charge is 2.30. The highest BCUT2D eigenvalue weighted by atomic mass is 19.4. The molecule has 4 aromatic rings. The Kier molecular flexibility index (Phi) is 5.40. The number of halogens is 3. The number of carbonyl (C=O) groups excluding carboxylic acids is 1. The number of amides is 1. The summed E-state index contributed by atoms with van der Waals surface area (Å²) >= 11 is 0. The van der Waals surface area contributed by atoms with Crippen LogP contribution in [0.25, 0.3) is 11.3 Å². The molecule has 6 nitrogen and oxygen atoms in total. The lowest BCUT2D eigenvalue weighted by molar-refractivity contribution is -0.137. The number of benzene rings is 2. The molecule has 2 aromatic heterocycles. The summed E-state index contributed by atoms with van der Waals surface area (Å²) in [6.45, 7) is 0. The minimum absolute atomic E-state index is 0.0296. The van der Waals surface area contributed by atoms with E-state index < -0.39 is 17.6 Å². The molecule has 0 aliphatic carbocycles. The predicted molar refractivity (Wildman–Crippen MR) is 109 cm³/mol. The minimum atomic E-state index is -4.50. The van der Waals surface area contributed by atoms with Gasteiger partial charge in [-0.15, -0.1) is 0 Å². The monoisotopic (exact) mass is 424 g/mol. The Morgan fingerprint density at radius 3 is 2.55 bits per heavy atom. The van der Waals surface area contributed by atoms with Crippen LogP contribution in [-0.4, -0.2) is 15.9 Å². The number of hydrogen-bond acceptors (Lipinski definition) is 5. The van der Waals surface area contributed by atoms with Crippen LogP contribution in [-0.2, 0) is 6.18 Å². The van der Waals surface area contributed by atoms with E-state index in [9.17, 15) is 18.0 Å². The topological polar surface area (TPSA) is 80.0 Å². The Hall–Kier alpha value is -4.14. The van der Waals surface area contributed by atoms with Gasteiger partial charge in [0.15, 0.2) is 12.2 Å². The Bertz CT molecular complexity index is 1210. The number of hydrogen-bond donors (Lipinski definition) is 2. The number of anilines is 3. The molecule has 4 rings (SSSR count). The molecule has 156 valence electrons. The lowest BCUT2D eigenvalue weighted by Crippen LogP contribution is -2.15. The standard InChI is InChI=1S/C22H15F3N4O2/c23-22(24,25)15-5-2-7-17(11-15)29-21(30)18-8-3-9-27-20(18)28-16-6-1-4-14(10-16)19-12-26-13-31-19/h1-13H,(H,27,28)(H,29,30). The first-order valence-electron chi connectivity index (χ1n) is 9.10. The third-order valence-electron chi connectivity index (χ3n) is 4.34. The van der Waals surface area contributed by atoms with Crippen LogP contribution in [0.3, 0.4) is 0 Å². The zero-order valence-corrected chi connectivity index (χ0v) is 15.9. The van der Waals surface area contributed by atoms with E-state index in [1.807, 2.05) is 6.07 Å². The van der Waals surface area contributed by atoms with Crippen molar-refractivity contribution in [3.8, 4) is 11.3 Å². The van der Waals surface area contributed by atoms with E-state index in [-0.39, 0.29) is 17.1 Å². The van der Waals surface area contributed by atoms with Crippen LogP contribution >= 0.6 is 0 Å². The lowest BCUT2D eigenvalue weighted by atomic mass is 10.1. The molecule has 1 amide bonds. The molecule has 0 fully saturated rings. The highest BCUT2D eigenvalue weighted by Crippen LogP contribution is 2.31. The fourth-order valence-electron chi connectivity index (χ4n) is 2.91. The second-order valence-corrected chi connectivity index (χ2v) is 6.50. The molecule has 0 bridgehead atoms. The zero-order chi connectivity index (χ0) is 21.8. The molecular weight excluding hydrogens is 409 g/mol. The largest absolute Gasteiger partial charge is 0.444 e. The van der Waals surface area contributed by atoms with E-state index in [0.717, 1.165) is 17.7 Å². The molecule has 2 N–H and O–H groups in total. The molecule has 31 heavy (non-hydrogen) atoms. The predicted octanol–water partition coefficient (Wildman–Crippen LogP) is 5.75. The number of aromatic nitrogens is 2. The molecule has 0 atom stereocenters. The van der Waals surface area contributed by atoms with Crippen molar-refractivity contribution in [2.75, 3.05) is 10.6 Å². The van der Waals surface area contributed by atoms with Crippen LogP contribution in [0.2, 0.25) is 0 Å². The SMILES string of the molecule is O=C(Nc1cccc(C(F)(F)F)c1)c1cccnc1Nc1cccc(-c2cnco2)c1. The lowest BCUT2D eigenvalue weighted by Gasteiger charge is -2.13. The van der Waals surface area contributed by atoms with Gasteiger partial charge in [0.25, 0.3) is 5.91 Å². The first-order chi connectivity index (χ1) is 14.9. The van der Waals surface area contributed by atoms with Crippen molar-refractivity contribution in [2.24, 2.45) is 0 Å². The van der Waals surface area contributed by atoms with Gasteiger partial charge in [0.1, 0.15) is 5.82 Å². The van der Waals surface area contributed by atoms with Crippen molar-refractivity contribution in [3.05, 3.63) is 90.6 Å². The van der Waals surface area contributed by atoms with Crippen molar-refractivity contribution < 1.29 is 22.4 Å². The molecule has 9 heteroatoms. The van der Waals surface area contributed by atoms with E-state index in [1.54, 1.807) is 30.5 Å². The van der Waals surface area contributed by atoms with Crippen LogP contribution < -0.4 is 10.6 Å². The van der Waals surface area contributed by atoms with Gasteiger partial charge in [-0.2, -0.15) is 13.2 Å². The maximum absolute atomic E-state index is 12.9. The second kappa shape index (κ2) is 8.31. The van der Waals surface area contributed by atoms with Crippen LogP contribution in [0.15, 0.2) is 83.9 Å². The van der Waals surface area contributed by atoms with Crippen molar-refractivity contribution in [1.29, 1.82) is 0 Å². The summed E-state index contributed by atoms with van der Waals surface area (Å²) in [5.74, 6) is 0.232. The molecule has 0 aliphatic heterocycles. The second-order valence-electron chi connectivity index (χ2n) is 6.50. The van der Waals surface area contributed by atoms with Gasteiger partial charge in [-0.3, -0.25) is 4.79 Å². The van der Waals surface area contributed by atoms with Gasteiger partial charge in [0.05, 0.1) is 17.3 Å². The van der Waals surface area contributed by atoms with Crippen LogP contribution in [0.4, 0.5) is 30.4 Å². The summed E-state index contributed by atoms with van der Waals surface area (Å²) in [6, 6.07) is 14.7. The quantitative estimate of drug-likeness (QED) is 0.426. The summed E-state index contributed by atoms with van der Waals surface area (Å²) < 4.78 is 44.1. The minimum Gasteiger partial charge on any atom is -0.444 e. The van der Waals surface area contributed by atoms with E-state index in [0.29, 0.717) is 11.4 Å². The van der Waals surface area contributed by atoms with Gasteiger partial charge < -0.3 is 15.1 Å². The van der Waals surface area contributed by atoms with Gasteiger partial charge in [-0.1, -0.05) is 18.2 Å². The molecular formula is C22H15F3N4O2. The van der Waals surface area contributed by atoms with Crippen molar-refractivity contribution in [2.45, 2.75) is 6.18 Å². The normalized spacial score (nSPS) is 11.2. The Labute approximate surface area is 174 Å². The number of pyridine rings is 1. The van der Waals surface area contributed by atoms with E-state index in [4.69, 9.17) is 4.42 Å². The van der Waals surface area contributed by atoms with Crippen molar-refractivity contribution in [1.82, 2.24) is 9.97 Å². The van der Waals surface area contributed by atoms with Gasteiger partial charge in [0.2, 0.25) is 0 Å². The summed E-state index contributed by atoms with van der Waals surface area (Å²) in [5.41, 5.74) is 0.764. The number of rotatable bonds is 5. The Balaban J connectivity index is 1.57. The maximum Gasteiger partial charge on any atom is 0.416 e. The fraction of sp³-hybridized carbons (Fsp3) is 0.0455. The van der Waals surface area contributed by atoms with Crippen LogP contribution in [0, 0.1) is 0 Å². The molecule has 0 spiro atoms. The fourth-order valence-corrected chi connectivity index (χ4v) is 2.91. The van der Waals surface area contributed by atoms with Crippen LogP contribution in [0.5, 0.6) is 0 Å². The number of carbonyl (C=O) groups is 1. The molecule has 0 saturated heterocycles. The summed E-state index contributed by atoms with van der Waals surface area (Å²) in [4.78, 5) is 20.8. The molecule has 0 radical (unpaired) electrons. The average molecular weight is 424 g/mol. The molecule has 0 aliphatic rings. The molecule has 2 aromatic carbocycles. The van der Waals surface area contributed by atoms with E-state index >= 15 is 0 Å². The maximum atomic E-state index is 12.9. The van der Waals surface area contributed by atoms with E-state index in [1.165, 1.54) is 30.8 Å². The highest BCUT2D eigenvalue weighted by molar-refractivity contribution is 6.07. The van der Waals surface area contributed by atoms with Gasteiger partial charge >= 0.3 is 6.18 Å². The van der Waals surface area contributed by atoms with Gasteiger partial charge in [-0.25, -0.2) is 9.97 Å². The third kappa shape index (κ3) is 4.72. The summed E-state index contributed by atoms with van der Waals surface area (Å²) in [7, 11) is 0. The summed E-state index contributed by atoms with van der Waals surface area (Å²) in [5, 5.41) is 5.55. The van der Waals surface area contributed by atoms with Crippen LogP contribution in [0.1, 0.15) is 15.9 Å². The molecule has 0 saturated carbocycles. The Morgan fingerprint density at radius 1 is 0.968 bits per heavy atom. The summed E-state index contributed by atoms with van der Waals surface area (Å²) in [6.07, 6.45) is -0.0990.